The lowest BCUT2D eigenvalue weighted by Crippen LogP contribution is -1.89. The first kappa shape index (κ1) is 11.4. The fraction of sp³-hybridized carbons (Fsp3) is 0.0833. The first-order valence-corrected chi connectivity index (χ1v) is 6.55. The summed E-state index contributed by atoms with van der Waals surface area (Å²) in [7, 11) is 0. The van der Waals surface area contributed by atoms with Gasteiger partial charge in [-0.15, -0.1) is 16.4 Å². The molecule has 0 saturated carbocycles. The molecule has 6 heteroatoms. The Labute approximate surface area is 113 Å². The molecule has 0 aliphatic heterocycles. The molecule has 0 atom stereocenters. The average molecular weight is 276 g/mol. The van der Waals surface area contributed by atoms with E-state index in [0.29, 0.717) is 6.42 Å². The highest BCUT2D eigenvalue weighted by molar-refractivity contribution is 7.13. The lowest BCUT2D eigenvalue weighted by Gasteiger charge is -1.95. The Hall–Kier alpha value is -1.72. The SMILES string of the molecule is Clc1ccc(-c2nc(Cc3[c]nn[nH]3)cs2)cc1. The summed E-state index contributed by atoms with van der Waals surface area (Å²) < 4.78 is 0. The molecule has 1 N–H and O–H groups in total. The van der Waals surface area contributed by atoms with Crippen LogP contribution in [0.2, 0.25) is 5.02 Å². The van der Waals surface area contributed by atoms with Crippen LogP contribution in [0.3, 0.4) is 0 Å². The van der Waals surface area contributed by atoms with Gasteiger partial charge < -0.3 is 0 Å². The third kappa shape index (κ3) is 2.42. The van der Waals surface area contributed by atoms with E-state index >= 15 is 0 Å². The van der Waals surface area contributed by atoms with Crippen molar-refractivity contribution in [1.82, 2.24) is 20.4 Å². The maximum atomic E-state index is 5.86. The minimum atomic E-state index is 0.664. The van der Waals surface area contributed by atoms with Crippen molar-refractivity contribution >= 4 is 22.9 Å². The summed E-state index contributed by atoms with van der Waals surface area (Å²) in [5.41, 5.74) is 2.89. The van der Waals surface area contributed by atoms with Gasteiger partial charge in [-0.2, -0.15) is 0 Å². The molecule has 3 aromatic rings. The Morgan fingerprint density at radius 3 is 2.83 bits per heavy atom. The molecule has 0 aliphatic rings. The summed E-state index contributed by atoms with van der Waals surface area (Å²) in [6, 6.07) is 7.67. The number of halogens is 1. The topological polar surface area (TPSA) is 54.5 Å². The Morgan fingerprint density at radius 2 is 2.11 bits per heavy atom. The van der Waals surface area contributed by atoms with Crippen molar-refractivity contribution in [2.75, 3.05) is 0 Å². The molecule has 2 heterocycles. The van der Waals surface area contributed by atoms with E-state index in [-0.39, 0.29) is 0 Å². The van der Waals surface area contributed by atoms with E-state index in [9.17, 15) is 0 Å². The molecule has 2 aromatic heterocycles. The molecule has 0 bridgehead atoms. The molecule has 18 heavy (non-hydrogen) atoms. The van der Waals surface area contributed by atoms with Gasteiger partial charge in [-0.1, -0.05) is 28.9 Å². The molecule has 0 saturated heterocycles. The Morgan fingerprint density at radius 1 is 1.28 bits per heavy atom. The molecule has 0 fully saturated rings. The first-order valence-electron chi connectivity index (χ1n) is 5.29. The molecule has 0 spiro atoms. The number of aromatic amines is 1. The standard InChI is InChI=1S/C12H8ClN4S/c13-9-3-1-8(2-4-9)12-15-11(7-18-12)5-10-6-14-17-16-10/h1-4,7H,5H2,(H,14,16,17). The van der Waals surface area contributed by atoms with Crippen LogP contribution in [-0.4, -0.2) is 20.4 Å². The molecule has 89 valence electrons. The Bertz CT molecular complexity index is 630. The quantitative estimate of drug-likeness (QED) is 0.799. The van der Waals surface area contributed by atoms with Gasteiger partial charge in [-0.3, -0.25) is 5.10 Å². The zero-order chi connectivity index (χ0) is 12.4. The van der Waals surface area contributed by atoms with Crippen LogP contribution < -0.4 is 0 Å². The Kier molecular flexibility index (Phi) is 3.08. The molecule has 1 aromatic carbocycles. The second-order valence-electron chi connectivity index (χ2n) is 3.73. The second-order valence-corrected chi connectivity index (χ2v) is 5.02. The van der Waals surface area contributed by atoms with E-state index in [4.69, 9.17) is 11.6 Å². The number of benzene rings is 1. The van der Waals surface area contributed by atoms with Crippen LogP contribution in [-0.2, 0) is 6.42 Å². The highest BCUT2D eigenvalue weighted by Crippen LogP contribution is 2.25. The average Bonchev–Trinajstić information content (AvgIpc) is 3.02. The van der Waals surface area contributed by atoms with Crippen LogP contribution in [0.15, 0.2) is 29.6 Å². The van der Waals surface area contributed by atoms with E-state index in [1.54, 1.807) is 11.3 Å². The first-order chi connectivity index (χ1) is 8.81. The van der Waals surface area contributed by atoms with Gasteiger partial charge in [0.25, 0.3) is 0 Å². The van der Waals surface area contributed by atoms with E-state index in [1.807, 2.05) is 29.6 Å². The monoisotopic (exact) mass is 275 g/mol. The van der Waals surface area contributed by atoms with Crippen LogP contribution >= 0.6 is 22.9 Å². The molecule has 4 nitrogen and oxygen atoms in total. The number of nitrogens with zero attached hydrogens (tertiary/aromatic N) is 3. The molecule has 0 amide bonds. The largest absolute Gasteiger partial charge is 0.261 e. The summed E-state index contributed by atoms with van der Waals surface area (Å²) in [5.74, 6) is 0. The van der Waals surface area contributed by atoms with Crippen LogP contribution in [0, 0.1) is 6.20 Å². The summed E-state index contributed by atoms with van der Waals surface area (Å²) >= 11 is 7.47. The summed E-state index contributed by atoms with van der Waals surface area (Å²) in [6.07, 6.45) is 3.44. The molecule has 0 unspecified atom stereocenters. The zero-order valence-corrected chi connectivity index (χ0v) is 10.8. The van der Waals surface area contributed by atoms with Crippen molar-refractivity contribution in [3.8, 4) is 10.6 Å². The van der Waals surface area contributed by atoms with E-state index in [0.717, 1.165) is 27.0 Å². The number of hydrogen-bond acceptors (Lipinski definition) is 4. The van der Waals surface area contributed by atoms with Gasteiger partial charge in [0.15, 0.2) is 0 Å². The van der Waals surface area contributed by atoms with Crippen molar-refractivity contribution in [3.05, 3.63) is 52.3 Å². The van der Waals surface area contributed by atoms with Crippen molar-refractivity contribution in [2.45, 2.75) is 6.42 Å². The van der Waals surface area contributed by atoms with Gasteiger partial charge in [0, 0.05) is 22.4 Å². The van der Waals surface area contributed by atoms with Gasteiger partial charge in [0.05, 0.1) is 11.4 Å². The zero-order valence-electron chi connectivity index (χ0n) is 9.22. The van der Waals surface area contributed by atoms with Crippen LogP contribution in [0.1, 0.15) is 11.4 Å². The summed E-state index contributed by atoms with van der Waals surface area (Å²) in [5, 5.41) is 13.8. The number of rotatable bonds is 3. The number of thiazole rings is 1. The lowest BCUT2D eigenvalue weighted by atomic mass is 10.2. The normalized spacial score (nSPS) is 10.7. The minimum absolute atomic E-state index is 0.664. The van der Waals surface area contributed by atoms with Gasteiger partial charge >= 0.3 is 0 Å². The highest BCUT2D eigenvalue weighted by Gasteiger charge is 2.06. The molecular weight excluding hydrogens is 268 g/mol. The third-order valence-electron chi connectivity index (χ3n) is 2.42. The molecule has 0 aliphatic carbocycles. The van der Waals surface area contributed by atoms with Crippen LogP contribution in [0.25, 0.3) is 10.6 Å². The fourth-order valence-electron chi connectivity index (χ4n) is 1.57. The van der Waals surface area contributed by atoms with E-state index < -0.39 is 0 Å². The smallest absolute Gasteiger partial charge is 0.138 e. The number of H-pyrrole nitrogens is 1. The summed E-state index contributed by atoms with van der Waals surface area (Å²) in [6.45, 7) is 0. The molecule has 1 radical (unpaired) electrons. The van der Waals surface area contributed by atoms with Gasteiger partial charge in [0.1, 0.15) is 11.2 Å². The molecule has 3 rings (SSSR count). The maximum absolute atomic E-state index is 5.86. The highest BCUT2D eigenvalue weighted by atomic mass is 35.5. The van der Waals surface area contributed by atoms with Crippen LogP contribution in [0.4, 0.5) is 0 Å². The predicted octanol–water partition coefficient (Wildman–Crippen LogP) is 2.97. The van der Waals surface area contributed by atoms with Gasteiger partial charge in [-0.25, -0.2) is 4.98 Å². The van der Waals surface area contributed by atoms with Crippen molar-refractivity contribution in [3.63, 3.8) is 0 Å². The van der Waals surface area contributed by atoms with Crippen molar-refractivity contribution in [2.24, 2.45) is 0 Å². The molecular formula is C12H8ClN4S. The number of aromatic nitrogens is 4. The number of hydrogen-bond donors (Lipinski definition) is 1. The minimum Gasteiger partial charge on any atom is -0.261 e. The fourth-order valence-corrected chi connectivity index (χ4v) is 2.52. The van der Waals surface area contributed by atoms with Crippen molar-refractivity contribution < 1.29 is 0 Å². The van der Waals surface area contributed by atoms with Crippen molar-refractivity contribution in [1.29, 1.82) is 0 Å². The second kappa shape index (κ2) is 4.88. The summed E-state index contributed by atoms with van der Waals surface area (Å²) in [4.78, 5) is 4.56. The predicted molar refractivity (Wildman–Crippen MR) is 70.6 cm³/mol. The van der Waals surface area contributed by atoms with E-state index in [2.05, 4.69) is 26.6 Å². The third-order valence-corrected chi connectivity index (χ3v) is 3.61. The number of nitrogens with one attached hydrogen (secondary N) is 1. The maximum Gasteiger partial charge on any atom is 0.138 e. The van der Waals surface area contributed by atoms with E-state index in [1.165, 1.54) is 0 Å². The van der Waals surface area contributed by atoms with Gasteiger partial charge in [0.2, 0.25) is 0 Å². The Balaban J connectivity index is 1.83. The lowest BCUT2D eigenvalue weighted by molar-refractivity contribution is 0.910. The van der Waals surface area contributed by atoms with Crippen LogP contribution in [0.5, 0.6) is 0 Å². The van der Waals surface area contributed by atoms with Gasteiger partial charge in [-0.05, 0) is 12.1 Å².